The lowest BCUT2D eigenvalue weighted by molar-refractivity contribution is 0.0721. The number of hydrogen-bond acceptors (Lipinski definition) is 3. The van der Waals surface area contributed by atoms with Crippen molar-refractivity contribution >= 4 is 10.0 Å². The third-order valence-corrected chi connectivity index (χ3v) is 1.99. The highest BCUT2D eigenvalue weighted by molar-refractivity contribution is 7.89. The molecule has 0 aromatic heterocycles. The van der Waals surface area contributed by atoms with E-state index in [1.807, 2.05) is 18.7 Å². The minimum Gasteiger partial charge on any atom is -0.287 e. The van der Waals surface area contributed by atoms with E-state index in [1.165, 1.54) is 6.08 Å². The molecule has 12 heavy (non-hydrogen) atoms. The molecule has 0 atom stereocenters. The van der Waals surface area contributed by atoms with Gasteiger partial charge in [-0.05, 0) is 5.92 Å². The van der Waals surface area contributed by atoms with Gasteiger partial charge in [-0.15, -0.1) is 6.58 Å². The SMILES string of the molecule is C=CCS(=O)(=O)NOCC(C)C. The van der Waals surface area contributed by atoms with Crippen molar-refractivity contribution in [1.29, 1.82) is 0 Å². The second-order valence-corrected chi connectivity index (χ2v) is 4.59. The maximum absolute atomic E-state index is 10.9. The molecule has 4 nitrogen and oxygen atoms in total. The lowest BCUT2D eigenvalue weighted by atomic mass is 10.2. The molecular weight excluding hydrogens is 178 g/mol. The smallest absolute Gasteiger partial charge is 0.237 e. The Kier molecular flexibility index (Phi) is 5.12. The average Bonchev–Trinajstić information content (AvgIpc) is 1.85. The fraction of sp³-hybridized carbons (Fsp3) is 0.714. The zero-order chi connectivity index (χ0) is 9.61. The highest BCUT2D eigenvalue weighted by Crippen LogP contribution is 1.92. The lowest BCUT2D eigenvalue weighted by Crippen LogP contribution is -2.27. The number of nitrogens with one attached hydrogen (secondary N) is 1. The summed E-state index contributed by atoms with van der Waals surface area (Å²) in [6.07, 6.45) is 1.31. The summed E-state index contributed by atoms with van der Waals surface area (Å²) in [5.41, 5.74) is 0. The molecular formula is C7H15NO3S. The maximum atomic E-state index is 10.9. The monoisotopic (exact) mass is 193 g/mol. The van der Waals surface area contributed by atoms with E-state index < -0.39 is 10.0 Å². The minimum atomic E-state index is -3.32. The molecule has 1 N–H and O–H groups in total. The quantitative estimate of drug-likeness (QED) is 0.498. The Bertz CT molecular complexity index is 221. The van der Waals surface area contributed by atoms with Crippen LogP contribution in [0.2, 0.25) is 0 Å². The molecule has 0 saturated carbocycles. The summed E-state index contributed by atoms with van der Waals surface area (Å²) in [4.78, 5) is 6.72. The molecule has 0 rings (SSSR count). The first kappa shape index (κ1) is 11.6. The van der Waals surface area contributed by atoms with E-state index >= 15 is 0 Å². The molecule has 0 amide bonds. The first-order valence-electron chi connectivity index (χ1n) is 3.70. The summed E-state index contributed by atoms with van der Waals surface area (Å²) in [7, 11) is -3.32. The topological polar surface area (TPSA) is 55.4 Å². The van der Waals surface area contributed by atoms with Crippen molar-refractivity contribution < 1.29 is 13.3 Å². The normalized spacial score (nSPS) is 11.9. The van der Waals surface area contributed by atoms with Crippen LogP contribution in [0.3, 0.4) is 0 Å². The number of hydrogen-bond donors (Lipinski definition) is 1. The van der Waals surface area contributed by atoms with Gasteiger partial charge in [-0.3, -0.25) is 4.84 Å². The van der Waals surface area contributed by atoms with Gasteiger partial charge in [0, 0.05) is 0 Å². The molecule has 0 aromatic rings. The fourth-order valence-electron chi connectivity index (χ4n) is 0.480. The average molecular weight is 193 g/mol. The summed E-state index contributed by atoms with van der Waals surface area (Å²) in [6.45, 7) is 7.55. The Hall–Kier alpha value is -0.390. The van der Waals surface area contributed by atoms with Crippen molar-refractivity contribution in [1.82, 2.24) is 4.89 Å². The summed E-state index contributed by atoms with van der Waals surface area (Å²) in [5, 5.41) is 0. The molecule has 0 saturated heterocycles. The van der Waals surface area contributed by atoms with E-state index in [2.05, 4.69) is 6.58 Å². The molecule has 0 aliphatic heterocycles. The predicted molar refractivity (Wildman–Crippen MR) is 47.9 cm³/mol. The van der Waals surface area contributed by atoms with Gasteiger partial charge in [-0.1, -0.05) is 24.8 Å². The van der Waals surface area contributed by atoms with E-state index in [0.29, 0.717) is 12.5 Å². The van der Waals surface area contributed by atoms with Crippen LogP contribution in [0.15, 0.2) is 12.7 Å². The van der Waals surface area contributed by atoms with Crippen LogP contribution in [-0.4, -0.2) is 20.8 Å². The van der Waals surface area contributed by atoms with Crippen molar-refractivity contribution in [3.05, 3.63) is 12.7 Å². The molecule has 0 spiro atoms. The van der Waals surface area contributed by atoms with E-state index in [-0.39, 0.29) is 5.75 Å². The van der Waals surface area contributed by atoms with Crippen molar-refractivity contribution in [2.75, 3.05) is 12.4 Å². The molecule has 0 bridgehead atoms. The third-order valence-electron chi connectivity index (χ3n) is 0.940. The van der Waals surface area contributed by atoms with Crippen LogP contribution in [0.25, 0.3) is 0 Å². The zero-order valence-corrected chi connectivity index (χ0v) is 8.23. The first-order valence-corrected chi connectivity index (χ1v) is 5.35. The van der Waals surface area contributed by atoms with Crippen LogP contribution in [0.5, 0.6) is 0 Å². The molecule has 5 heteroatoms. The predicted octanol–water partition coefficient (Wildman–Crippen LogP) is 0.679. The van der Waals surface area contributed by atoms with Crippen LogP contribution >= 0.6 is 0 Å². The molecule has 72 valence electrons. The Balaban J connectivity index is 3.69. The summed E-state index contributed by atoms with van der Waals surface area (Å²) >= 11 is 0. The Morgan fingerprint density at radius 1 is 1.58 bits per heavy atom. The van der Waals surface area contributed by atoms with E-state index in [4.69, 9.17) is 4.84 Å². The fourth-order valence-corrected chi connectivity index (χ4v) is 1.11. The third kappa shape index (κ3) is 6.33. The Morgan fingerprint density at radius 2 is 2.17 bits per heavy atom. The highest BCUT2D eigenvalue weighted by atomic mass is 32.2. The Morgan fingerprint density at radius 3 is 2.58 bits per heavy atom. The van der Waals surface area contributed by atoms with Crippen molar-refractivity contribution in [2.45, 2.75) is 13.8 Å². The largest absolute Gasteiger partial charge is 0.287 e. The molecule has 0 heterocycles. The molecule has 0 radical (unpaired) electrons. The lowest BCUT2D eigenvalue weighted by Gasteiger charge is -2.06. The van der Waals surface area contributed by atoms with E-state index in [1.54, 1.807) is 0 Å². The van der Waals surface area contributed by atoms with Gasteiger partial charge >= 0.3 is 0 Å². The van der Waals surface area contributed by atoms with Crippen molar-refractivity contribution in [2.24, 2.45) is 5.92 Å². The van der Waals surface area contributed by atoms with Gasteiger partial charge in [0.05, 0.1) is 12.4 Å². The van der Waals surface area contributed by atoms with Crippen LogP contribution in [-0.2, 0) is 14.9 Å². The standard InChI is InChI=1S/C7H15NO3S/c1-4-5-12(9,10)8-11-6-7(2)3/h4,7-8H,1,5-6H2,2-3H3. The second kappa shape index (κ2) is 5.29. The minimum absolute atomic E-state index is 0.120. The van der Waals surface area contributed by atoms with Gasteiger partial charge in [0.15, 0.2) is 0 Å². The Labute approximate surface area is 73.6 Å². The van der Waals surface area contributed by atoms with Gasteiger partial charge in [0.2, 0.25) is 10.0 Å². The highest BCUT2D eigenvalue weighted by Gasteiger charge is 2.06. The van der Waals surface area contributed by atoms with Gasteiger partial charge in [0.25, 0.3) is 0 Å². The molecule has 0 fully saturated rings. The summed E-state index contributed by atoms with van der Waals surface area (Å²) in [5.74, 6) is 0.182. The summed E-state index contributed by atoms with van der Waals surface area (Å²) in [6, 6.07) is 0. The number of rotatable bonds is 6. The first-order chi connectivity index (χ1) is 5.48. The van der Waals surface area contributed by atoms with Crippen LogP contribution in [0.4, 0.5) is 0 Å². The molecule has 0 aliphatic rings. The van der Waals surface area contributed by atoms with Gasteiger partial charge in [-0.25, -0.2) is 8.42 Å². The second-order valence-electron chi connectivity index (χ2n) is 2.86. The van der Waals surface area contributed by atoms with Crippen molar-refractivity contribution in [3.8, 4) is 0 Å². The van der Waals surface area contributed by atoms with Gasteiger partial charge in [-0.2, -0.15) is 0 Å². The summed E-state index contributed by atoms with van der Waals surface area (Å²) < 4.78 is 21.8. The maximum Gasteiger partial charge on any atom is 0.237 e. The van der Waals surface area contributed by atoms with Gasteiger partial charge in [0.1, 0.15) is 0 Å². The van der Waals surface area contributed by atoms with Crippen molar-refractivity contribution in [3.63, 3.8) is 0 Å². The van der Waals surface area contributed by atoms with Gasteiger partial charge < -0.3 is 0 Å². The van der Waals surface area contributed by atoms with Crippen LogP contribution in [0, 0.1) is 5.92 Å². The van der Waals surface area contributed by atoms with E-state index in [9.17, 15) is 8.42 Å². The molecule has 0 aromatic carbocycles. The molecule has 0 aliphatic carbocycles. The van der Waals surface area contributed by atoms with Crippen LogP contribution < -0.4 is 4.89 Å². The van der Waals surface area contributed by atoms with E-state index in [0.717, 1.165) is 0 Å². The zero-order valence-electron chi connectivity index (χ0n) is 7.41. The van der Waals surface area contributed by atoms with Crippen LogP contribution in [0.1, 0.15) is 13.8 Å². The number of sulfonamides is 1. The molecule has 0 unspecified atom stereocenters.